The fourth-order valence-corrected chi connectivity index (χ4v) is 2.73. The van der Waals surface area contributed by atoms with Crippen molar-refractivity contribution in [2.45, 2.75) is 13.2 Å². The van der Waals surface area contributed by atoms with E-state index in [1.165, 1.54) is 7.11 Å². The standard InChI is InChI=1S/C24H24O6/c1-26-18-30-24-21(27-15-14-25)12-13-22(28-16-19-8-4-2-5-9-19)23(24)29-17-20-10-6-3-7-11-20/h2-14H,15-18H2,1H3. The molecule has 0 bridgehead atoms. The summed E-state index contributed by atoms with van der Waals surface area (Å²) in [4.78, 5) is 10.8. The second-order valence-electron chi connectivity index (χ2n) is 6.30. The molecule has 3 aromatic rings. The number of carbonyl (C=O) groups is 1. The van der Waals surface area contributed by atoms with E-state index in [1.807, 2.05) is 60.7 Å². The van der Waals surface area contributed by atoms with Gasteiger partial charge in [-0.3, -0.25) is 4.79 Å². The molecule has 0 radical (unpaired) electrons. The highest BCUT2D eigenvalue weighted by molar-refractivity contribution is 5.60. The molecule has 0 unspecified atom stereocenters. The van der Waals surface area contributed by atoms with Gasteiger partial charge < -0.3 is 23.7 Å². The SMILES string of the molecule is COCOc1c(OCC=O)ccc(OCc2ccccc2)c1OCc1ccccc1. The smallest absolute Gasteiger partial charge is 0.210 e. The molecule has 6 heteroatoms. The Morgan fingerprint density at radius 1 is 0.667 bits per heavy atom. The first kappa shape index (κ1) is 21.2. The highest BCUT2D eigenvalue weighted by Crippen LogP contribution is 2.45. The van der Waals surface area contributed by atoms with Crippen LogP contribution in [0.25, 0.3) is 0 Å². The van der Waals surface area contributed by atoms with Gasteiger partial charge in [0.15, 0.2) is 24.6 Å². The van der Waals surface area contributed by atoms with Crippen LogP contribution in [0.2, 0.25) is 0 Å². The second-order valence-corrected chi connectivity index (χ2v) is 6.30. The summed E-state index contributed by atoms with van der Waals surface area (Å²) in [5.41, 5.74) is 2.01. The molecule has 0 heterocycles. The van der Waals surface area contributed by atoms with Gasteiger partial charge >= 0.3 is 0 Å². The number of aldehydes is 1. The van der Waals surface area contributed by atoms with Gasteiger partial charge in [-0.1, -0.05) is 60.7 Å². The van der Waals surface area contributed by atoms with Gasteiger partial charge in [-0.15, -0.1) is 0 Å². The molecule has 156 valence electrons. The third-order valence-corrected chi connectivity index (χ3v) is 4.13. The maximum atomic E-state index is 10.8. The number of methoxy groups -OCH3 is 1. The van der Waals surface area contributed by atoms with E-state index in [1.54, 1.807) is 12.1 Å². The molecule has 0 aliphatic heterocycles. The number of ether oxygens (including phenoxy) is 5. The Morgan fingerprint density at radius 3 is 1.77 bits per heavy atom. The van der Waals surface area contributed by atoms with Gasteiger partial charge in [-0.2, -0.15) is 0 Å². The van der Waals surface area contributed by atoms with E-state index in [-0.39, 0.29) is 13.4 Å². The highest BCUT2D eigenvalue weighted by atomic mass is 16.7. The fourth-order valence-electron chi connectivity index (χ4n) is 2.73. The Balaban J connectivity index is 1.90. The van der Waals surface area contributed by atoms with E-state index < -0.39 is 0 Å². The molecule has 30 heavy (non-hydrogen) atoms. The maximum Gasteiger partial charge on any atom is 0.210 e. The normalized spacial score (nSPS) is 10.3. The first-order chi connectivity index (χ1) is 14.8. The van der Waals surface area contributed by atoms with Crippen LogP contribution in [0.3, 0.4) is 0 Å². The lowest BCUT2D eigenvalue weighted by molar-refractivity contribution is -0.109. The number of carbonyl (C=O) groups excluding carboxylic acids is 1. The van der Waals surface area contributed by atoms with Crippen LogP contribution >= 0.6 is 0 Å². The Morgan fingerprint density at radius 2 is 1.20 bits per heavy atom. The maximum absolute atomic E-state index is 10.8. The number of hydrogen-bond donors (Lipinski definition) is 0. The van der Waals surface area contributed by atoms with Gasteiger partial charge in [0.1, 0.15) is 19.8 Å². The van der Waals surface area contributed by atoms with Gasteiger partial charge in [0, 0.05) is 7.11 Å². The third-order valence-electron chi connectivity index (χ3n) is 4.13. The molecular formula is C24H24O6. The molecule has 0 saturated heterocycles. The lowest BCUT2D eigenvalue weighted by atomic mass is 10.2. The van der Waals surface area contributed by atoms with E-state index in [2.05, 4.69) is 0 Å². The summed E-state index contributed by atoms with van der Waals surface area (Å²) in [7, 11) is 1.52. The fraction of sp³-hybridized carbons (Fsp3) is 0.208. The van der Waals surface area contributed by atoms with E-state index in [4.69, 9.17) is 23.7 Å². The molecular weight excluding hydrogens is 384 g/mol. The van der Waals surface area contributed by atoms with Crippen molar-refractivity contribution in [3.05, 3.63) is 83.9 Å². The molecule has 3 aromatic carbocycles. The van der Waals surface area contributed by atoms with Crippen LogP contribution in [0.5, 0.6) is 23.0 Å². The average Bonchev–Trinajstić information content (AvgIpc) is 2.80. The first-order valence-corrected chi connectivity index (χ1v) is 9.50. The van der Waals surface area contributed by atoms with Gasteiger partial charge in [0.2, 0.25) is 11.5 Å². The molecule has 0 atom stereocenters. The molecule has 0 spiro atoms. The molecule has 0 aliphatic carbocycles. The van der Waals surface area contributed by atoms with Crippen molar-refractivity contribution in [2.24, 2.45) is 0 Å². The topological polar surface area (TPSA) is 63.2 Å². The molecule has 0 saturated carbocycles. The van der Waals surface area contributed by atoms with E-state index >= 15 is 0 Å². The van der Waals surface area contributed by atoms with Crippen LogP contribution in [-0.2, 0) is 22.7 Å². The van der Waals surface area contributed by atoms with E-state index in [9.17, 15) is 4.79 Å². The highest BCUT2D eigenvalue weighted by Gasteiger charge is 2.20. The lowest BCUT2D eigenvalue weighted by Crippen LogP contribution is -2.08. The Kier molecular flexibility index (Phi) is 8.12. The lowest BCUT2D eigenvalue weighted by Gasteiger charge is -2.19. The van der Waals surface area contributed by atoms with Gasteiger partial charge in [0.05, 0.1) is 0 Å². The van der Waals surface area contributed by atoms with Crippen LogP contribution in [0, 0.1) is 0 Å². The van der Waals surface area contributed by atoms with Crippen molar-refractivity contribution in [1.82, 2.24) is 0 Å². The summed E-state index contributed by atoms with van der Waals surface area (Å²) in [6.45, 7) is 0.552. The molecule has 0 N–H and O–H groups in total. The Hall–Kier alpha value is -3.51. The van der Waals surface area contributed by atoms with Crippen LogP contribution in [0.1, 0.15) is 11.1 Å². The molecule has 0 amide bonds. The van der Waals surface area contributed by atoms with Crippen molar-refractivity contribution < 1.29 is 28.5 Å². The molecule has 3 rings (SSSR count). The van der Waals surface area contributed by atoms with Crippen LogP contribution in [0.15, 0.2) is 72.8 Å². The third kappa shape index (κ3) is 5.99. The zero-order chi connectivity index (χ0) is 21.0. The van der Waals surface area contributed by atoms with E-state index in [0.717, 1.165) is 11.1 Å². The average molecular weight is 408 g/mol. The minimum absolute atomic E-state index is 0.0126. The zero-order valence-electron chi connectivity index (χ0n) is 16.8. The monoisotopic (exact) mass is 408 g/mol. The van der Waals surface area contributed by atoms with Crippen molar-refractivity contribution in [3.63, 3.8) is 0 Å². The molecule has 0 aliphatic rings. The predicted molar refractivity (Wildman–Crippen MR) is 112 cm³/mol. The quantitative estimate of drug-likeness (QED) is 0.327. The minimum atomic E-state index is -0.105. The van der Waals surface area contributed by atoms with Crippen LogP contribution in [-0.4, -0.2) is 26.8 Å². The summed E-state index contributed by atoms with van der Waals surface area (Å²) in [5.74, 6) is 1.57. The van der Waals surface area contributed by atoms with E-state index in [0.29, 0.717) is 42.5 Å². The summed E-state index contributed by atoms with van der Waals surface area (Å²) >= 11 is 0. The second kappa shape index (κ2) is 11.5. The molecule has 6 nitrogen and oxygen atoms in total. The summed E-state index contributed by atoms with van der Waals surface area (Å²) < 4.78 is 28.4. The van der Waals surface area contributed by atoms with Crippen LogP contribution < -0.4 is 18.9 Å². The van der Waals surface area contributed by atoms with Gasteiger partial charge in [-0.25, -0.2) is 0 Å². The zero-order valence-corrected chi connectivity index (χ0v) is 16.8. The number of rotatable bonds is 12. The largest absolute Gasteiger partial charge is 0.485 e. The van der Waals surface area contributed by atoms with Gasteiger partial charge in [-0.05, 0) is 23.3 Å². The van der Waals surface area contributed by atoms with Crippen molar-refractivity contribution in [1.29, 1.82) is 0 Å². The Bertz CT molecular complexity index is 912. The van der Waals surface area contributed by atoms with Crippen molar-refractivity contribution in [3.8, 4) is 23.0 Å². The van der Waals surface area contributed by atoms with Crippen molar-refractivity contribution >= 4 is 6.29 Å². The summed E-state index contributed by atoms with van der Waals surface area (Å²) in [6, 6.07) is 23.0. The van der Waals surface area contributed by atoms with Crippen molar-refractivity contribution in [2.75, 3.05) is 20.5 Å². The number of benzene rings is 3. The summed E-state index contributed by atoms with van der Waals surface area (Å²) in [5, 5.41) is 0. The summed E-state index contributed by atoms with van der Waals surface area (Å²) in [6.07, 6.45) is 0.671. The minimum Gasteiger partial charge on any atom is -0.485 e. The first-order valence-electron chi connectivity index (χ1n) is 9.50. The van der Waals surface area contributed by atoms with Gasteiger partial charge in [0.25, 0.3) is 0 Å². The predicted octanol–water partition coefficient (Wildman–Crippen LogP) is 4.41. The molecule has 0 fully saturated rings. The van der Waals surface area contributed by atoms with Crippen LogP contribution in [0.4, 0.5) is 0 Å². The molecule has 0 aromatic heterocycles. The Labute approximate surface area is 175 Å². The number of hydrogen-bond acceptors (Lipinski definition) is 6.